The normalized spacial score (nSPS) is 10.3. The van der Waals surface area contributed by atoms with E-state index in [1.807, 2.05) is 6.07 Å². The highest BCUT2D eigenvalue weighted by Gasteiger charge is 2.07. The van der Waals surface area contributed by atoms with Gasteiger partial charge in [-0.2, -0.15) is 4.98 Å². The van der Waals surface area contributed by atoms with Gasteiger partial charge in [0.05, 0.1) is 0 Å². The van der Waals surface area contributed by atoms with E-state index >= 15 is 0 Å². The van der Waals surface area contributed by atoms with Crippen LogP contribution in [-0.4, -0.2) is 9.97 Å². The number of hydrogen-bond donors (Lipinski definition) is 2. The fourth-order valence-electron chi connectivity index (χ4n) is 1.97. The van der Waals surface area contributed by atoms with Gasteiger partial charge in [-0.1, -0.05) is 32.0 Å². The number of nitrogens with one attached hydrogen (secondary N) is 1. The number of para-hydroxylation sites is 1. The maximum absolute atomic E-state index is 5.59. The van der Waals surface area contributed by atoms with Crippen LogP contribution in [0.2, 0.25) is 0 Å². The van der Waals surface area contributed by atoms with E-state index in [9.17, 15) is 0 Å². The third-order valence-corrected chi connectivity index (χ3v) is 2.93. The third kappa shape index (κ3) is 2.59. The number of nitrogens with two attached hydrogens (primary N) is 1. The molecule has 4 nitrogen and oxygen atoms in total. The second-order valence-electron chi connectivity index (χ2n) is 4.08. The van der Waals surface area contributed by atoms with Crippen LogP contribution in [0.25, 0.3) is 0 Å². The van der Waals surface area contributed by atoms with E-state index in [4.69, 9.17) is 5.73 Å². The molecular weight excluding hydrogens is 224 g/mol. The molecule has 0 amide bonds. The van der Waals surface area contributed by atoms with Gasteiger partial charge in [-0.25, -0.2) is 4.98 Å². The van der Waals surface area contributed by atoms with Gasteiger partial charge in [-0.15, -0.1) is 0 Å². The number of nitrogens with zero attached hydrogens (tertiary/aromatic N) is 2. The second kappa shape index (κ2) is 5.49. The topological polar surface area (TPSA) is 63.8 Å². The van der Waals surface area contributed by atoms with Crippen LogP contribution in [0.5, 0.6) is 0 Å². The minimum atomic E-state index is 0.284. The Bertz CT molecular complexity index is 515. The molecule has 2 rings (SSSR count). The monoisotopic (exact) mass is 242 g/mol. The molecule has 18 heavy (non-hydrogen) atoms. The van der Waals surface area contributed by atoms with Gasteiger partial charge in [-0.3, -0.25) is 0 Å². The molecule has 0 fully saturated rings. The highest BCUT2D eigenvalue weighted by atomic mass is 15.1. The minimum absolute atomic E-state index is 0.284. The van der Waals surface area contributed by atoms with Crippen molar-refractivity contribution in [2.24, 2.45) is 0 Å². The lowest BCUT2D eigenvalue weighted by atomic mass is 10.0. The van der Waals surface area contributed by atoms with Crippen molar-refractivity contribution in [1.82, 2.24) is 9.97 Å². The SMILES string of the molecule is CCc1cccc(CC)c1Nc1ccnc(N)n1. The summed E-state index contributed by atoms with van der Waals surface area (Å²) in [6.45, 7) is 4.29. The van der Waals surface area contributed by atoms with E-state index in [1.165, 1.54) is 11.1 Å². The lowest BCUT2D eigenvalue weighted by Crippen LogP contribution is -2.03. The van der Waals surface area contributed by atoms with Crippen molar-refractivity contribution >= 4 is 17.5 Å². The molecule has 0 bridgehead atoms. The van der Waals surface area contributed by atoms with E-state index in [-0.39, 0.29) is 5.95 Å². The first-order chi connectivity index (χ1) is 8.74. The molecule has 0 unspecified atom stereocenters. The van der Waals surface area contributed by atoms with E-state index in [2.05, 4.69) is 47.3 Å². The zero-order valence-corrected chi connectivity index (χ0v) is 10.8. The smallest absolute Gasteiger partial charge is 0.221 e. The van der Waals surface area contributed by atoms with E-state index < -0.39 is 0 Å². The number of rotatable bonds is 4. The van der Waals surface area contributed by atoms with Crippen LogP contribution in [0, 0.1) is 0 Å². The van der Waals surface area contributed by atoms with Crippen molar-refractivity contribution in [3.05, 3.63) is 41.6 Å². The Morgan fingerprint density at radius 2 is 1.78 bits per heavy atom. The predicted molar refractivity (Wildman–Crippen MR) is 74.9 cm³/mol. The van der Waals surface area contributed by atoms with Gasteiger partial charge in [0, 0.05) is 11.9 Å². The van der Waals surface area contributed by atoms with Crippen LogP contribution in [0.15, 0.2) is 30.5 Å². The molecule has 0 saturated heterocycles. The van der Waals surface area contributed by atoms with Crippen molar-refractivity contribution in [3.8, 4) is 0 Å². The summed E-state index contributed by atoms with van der Waals surface area (Å²) in [7, 11) is 0. The number of benzene rings is 1. The Balaban J connectivity index is 2.38. The minimum Gasteiger partial charge on any atom is -0.368 e. The molecule has 0 radical (unpaired) electrons. The zero-order valence-electron chi connectivity index (χ0n) is 10.8. The van der Waals surface area contributed by atoms with Crippen molar-refractivity contribution in [2.45, 2.75) is 26.7 Å². The summed E-state index contributed by atoms with van der Waals surface area (Å²) < 4.78 is 0. The van der Waals surface area contributed by atoms with Crippen LogP contribution in [0.3, 0.4) is 0 Å². The van der Waals surface area contributed by atoms with Crippen molar-refractivity contribution in [2.75, 3.05) is 11.1 Å². The van der Waals surface area contributed by atoms with Gasteiger partial charge in [0.25, 0.3) is 0 Å². The van der Waals surface area contributed by atoms with E-state index in [1.54, 1.807) is 6.20 Å². The first-order valence-corrected chi connectivity index (χ1v) is 6.21. The fraction of sp³-hybridized carbons (Fsp3) is 0.286. The lowest BCUT2D eigenvalue weighted by Gasteiger charge is -2.14. The van der Waals surface area contributed by atoms with Gasteiger partial charge in [0.1, 0.15) is 5.82 Å². The lowest BCUT2D eigenvalue weighted by molar-refractivity contribution is 1.08. The number of aromatic nitrogens is 2. The van der Waals surface area contributed by atoms with Crippen LogP contribution in [0.4, 0.5) is 17.5 Å². The summed E-state index contributed by atoms with van der Waals surface area (Å²) >= 11 is 0. The summed E-state index contributed by atoms with van der Waals surface area (Å²) in [4.78, 5) is 8.07. The average molecular weight is 242 g/mol. The van der Waals surface area contributed by atoms with Crippen molar-refractivity contribution < 1.29 is 0 Å². The summed E-state index contributed by atoms with van der Waals surface area (Å²) in [5.41, 5.74) is 9.30. The first kappa shape index (κ1) is 12.4. The molecule has 1 aromatic heterocycles. The number of nitrogen functional groups attached to an aromatic ring is 1. The number of hydrogen-bond acceptors (Lipinski definition) is 4. The molecule has 3 N–H and O–H groups in total. The Morgan fingerprint density at radius 3 is 2.33 bits per heavy atom. The summed E-state index contributed by atoms with van der Waals surface area (Å²) in [6, 6.07) is 8.18. The molecule has 2 aromatic rings. The van der Waals surface area contributed by atoms with Gasteiger partial charge in [0.15, 0.2) is 0 Å². The Kier molecular flexibility index (Phi) is 3.77. The van der Waals surface area contributed by atoms with Crippen LogP contribution >= 0.6 is 0 Å². The average Bonchev–Trinajstić information content (AvgIpc) is 2.39. The summed E-state index contributed by atoms with van der Waals surface area (Å²) in [5, 5.41) is 3.35. The highest BCUT2D eigenvalue weighted by Crippen LogP contribution is 2.25. The quantitative estimate of drug-likeness (QED) is 0.865. The number of aryl methyl sites for hydroxylation is 2. The highest BCUT2D eigenvalue weighted by molar-refractivity contribution is 5.65. The van der Waals surface area contributed by atoms with Gasteiger partial charge >= 0.3 is 0 Å². The Hall–Kier alpha value is -2.10. The maximum atomic E-state index is 5.59. The summed E-state index contributed by atoms with van der Waals surface area (Å²) in [5.74, 6) is 1.02. The zero-order chi connectivity index (χ0) is 13.0. The maximum Gasteiger partial charge on any atom is 0.221 e. The van der Waals surface area contributed by atoms with Crippen LogP contribution in [-0.2, 0) is 12.8 Å². The van der Waals surface area contributed by atoms with Gasteiger partial charge in [0.2, 0.25) is 5.95 Å². The molecule has 1 aromatic carbocycles. The molecule has 0 aliphatic rings. The molecule has 94 valence electrons. The van der Waals surface area contributed by atoms with Crippen molar-refractivity contribution in [1.29, 1.82) is 0 Å². The first-order valence-electron chi connectivity index (χ1n) is 6.21. The van der Waals surface area contributed by atoms with E-state index in [0.29, 0.717) is 0 Å². The molecule has 0 spiro atoms. The second-order valence-corrected chi connectivity index (χ2v) is 4.08. The Morgan fingerprint density at radius 1 is 1.11 bits per heavy atom. The van der Waals surface area contributed by atoms with Gasteiger partial charge in [-0.05, 0) is 30.0 Å². The fourth-order valence-corrected chi connectivity index (χ4v) is 1.97. The molecule has 1 heterocycles. The standard InChI is InChI=1S/C14H18N4/c1-3-10-6-5-7-11(4-2)13(10)17-12-8-9-16-14(15)18-12/h5-9H,3-4H2,1-2H3,(H3,15,16,17,18). The molecule has 0 aliphatic heterocycles. The molecule has 0 atom stereocenters. The van der Waals surface area contributed by atoms with Crippen LogP contribution < -0.4 is 11.1 Å². The molecule has 0 aliphatic carbocycles. The largest absolute Gasteiger partial charge is 0.368 e. The molecular formula is C14H18N4. The van der Waals surface area contributed by atoms with Crippen molar-refractivity contribution in [3.63, 3.8) is 0 Å². The van der Waals surface area contributed by atoms with Crippen LogP contribution in [0.1, 0.15) is 25.0 Å². The predicted octanol–water partition coefficient (Wildman–Crippen LogP) is 2.93. The Labute approximate surface area is 107 Å². The third-order valence-electron chi connectivity index (χ3n) is 2.93. The molecule has 0 saturated carbocycles. The molecule has 4 heteroatoms. The number of anilines is 3. The summed E-state index contributed by atoms with van der Waals surface area (Å²) in [6.07, 6.45) is 3.62. The van der Waals surface area contributed by atoms with Gasteiger partial charge < -0.3 is 11.1 Å². The van der Waals surface area contributed by atoms with E-state index in [0.717, 1.165) is 24.3 Å².